The molecule has 0 saturated carbocycles. The monoisotopic (exact) mass is 333 g/mol. The van der Waals surface area contributed by atoms with Gasteiger partial charge in [0.2, 0.25) is 0 Å². The van der Waals surface area contributed by atoms with Crippen LogP contribution in [0.15, 0.2) is 12.1 Å². The van der Waals surface area contributed by atoms with E-state index in [-0.39, 0.29) is 5.75 Å². The number of hydrogen-bond donors (Lipinski definition) is 2. The minimum absolute atomic E-state index is 0.346. The van der Waals surface area contributed by atoms with Gasteiger partial charge in [-0.3, -0.25) is 4.72 Å². The molecule has 1 aromatic rings. The summed E-state index contributed by atoms with van der Waals surface area (Å²) < 4.78 is 64.4. The van der Waals surface area contributed by atoms with Gasteiger partial charge < -0.3 is 9.84 Å². The fourth-order valence-corrected chi connectivity index (χ4v) is 2.01. The first-order valence-corrected chi connectivity index (χ1v) is 6.55. The third kappa shape index (κ3) is 3.25. The quantitative estimate of drug-likeness (QED) is 0.882. The molecule has 20 heavy (non-hydrogen) atoms. The Labute approximate surface area is 116 Å². The summed E-state index contributed by atoms with van der Waals surface area (Å²) in [5.41, 5.74) is -6.60. The highest BCUT2D eigenvalue weighted by atomic mass is 35.5. The molecule has 0 spiro atoms. The average molecular weight is 334 g/mol. The Bertz CT molecular complexity index is 644. The number of rotatable bonds is 4. The molecule has 0 aliphatic heterocycles. The van der Waals surface area contributed by atoms with Crippen molar-refractivity contribution in [1.29, 1.82) is 0 Å². The van der Waals surface area contributed by atoms with Gasteiger partial charge in [0.25, 0.3) is 0 Å². The van der Waals surface area contributed by atoms with Gasteiger partial charge in [-0.1, -0.05) is 11.6 Å². The van der Waals surface area contributed by atoms with E-state index >= 15 is 0 Å². The second kappa shape index (κ2) is 5.37. The highest BCUT2D eigenvalue weighted by Gasteiger charge is 2.46. The Balaban J connectivity index is 3.32. The van der Waals surface area contributed by atoms with Crippen molar-refractivity contribution in [2.75, 3.05) is 11.8 Å². The maximum Gasteiger partial charge on any atom is 0.516 e. The van der Waals surface area contributed by atoms with E-state index in [1.807, 2.05) is 0 Å². The molecule has 0 atom stereocenters. The lowest BCUT2D eigenvalue weighted by molar-refractivity contribution is -0.0429. The maximum atomic E-state index is 12.2. The Morgan fingerprint density at radius 3 is 2.35 bits per heavy atom. The molecule has 0 amide bonds. The molecule has 0 aliphatic rings. The van der Waals surface area contributed by atoms with Crippen molar-refractivity contribution in [3.05, 3.63) is 22.7 Å². The normalized spacial score (nSPS) is 12.1. The first-order valence-electron chi connectivity index (χ1n) is 4.69. The summed E-state index contributed by atoms with van der Waals surface area (Å²) >= 11 is 5.55. The zero-order chi connectivity index (χ0) is 15.7. The van der Waals surface area contributed by atoms with Crippen LogP contribution in [0, 0.1) is 0 Å². The highest BCUT2D eigenvalue weighted by Crippen LogP contribution is 2.34. The molecule has 11 heteroatoms. The van der Waals surface area contributed by atoms with Crippen LogP contribution < -0.4 is 9.46 Å². The molecule has 2 N–H and O–H groups in total. The van der Waals surface area contributed by atoms with Crippen LogP contribution in [0.5, 0.6) is 5.75 Å². The number of benzene rings is 1. The number of hydrogen-bond acceptors (Lipinski definition) is 4. The van der Waals surface area contributed by atoms with Crippen LogP contribution in [-0.4, -0.2) is 32.1 Å². The molecular formula is C9H7ClF3NO5S. The molecule has 0 unspecified atom stereocenters. The smallest absolute Gasteiger partial charge is 0.496 e. The zero-order valence-electron chi connectivity index (χ0n) is 9.66. The zero-order valence-corrected chi connectivity index (χ0v) is 11.2. The molecule has 0 saturated heterocycles. The van der Waals surface area contributed by atoms with Gasteiger partial charge in [-0.25, -0.2) is 4.79 Å². The van der Waals surface area contributed by atoms with Crippen molar-refractivity contribution >= 4 is 33.3 Å². The van der Waals surface area contributed by atoms with Crippen LogP contribution in [0.3, 0.4) is 0 Å². The Kier molecular flexibility index (Phi) is 4.39. The molecule has 0 aromatic heterocycles. The van der Waals surface area contributed by atoms with Gasteiger partial charge in [-0.2, -0.15) is 21.6 Å². The largest absolute Gasteiger partial charge is 0.516 e. The molecule has 112 valence electrons. The summed E-state index contributed by atoms with van der Waals surface area (Å²) in [5, 5.41) is 8.30. The summed E-state index contributed by atoms with van der Waals surface area (Å²) in [5.74, 6) is -1.78. The summed E-state index contributed by atoms with van der Waals surface area (Å²) in [4.78, 5) is 10.8. The van der Waals surface area contributed by atoms with Crippen molar-refractivity contribution < 1.29 is 36.2 Å². The molecule has 1 rings (SSSR count). The molecule has 0 fully saturated rings. The first kappa shape index (κ1) is 16.4. The van der Waals surface area contributed by atoms with Gasteiger partial charge >= 0.3 is 21.5 Å². The van der Waals surface area contributed by atoms with Crippen molar-refractivity contribution in [1.82, 2.24) is 0 Å². The van der Waals surface area contributed by atoms with Crippen molar-refractivity contribution in [2.45, 2.75) is 5.51 Å². The molecule has 0 heterocycles. The number of ether oxygens (including phenoxy) is 1. The SMILES string of the molecule is COc1cc(NS(=O)(=O)C(F)(F)F)c(Cl)cc1C(=O)O. The van der Waals surface area contributed by atoms with Crippen molar-refractivity contribution in [3.63, 3.8) is 0 Å². The number of carboxylic acid groups (broad SMARTS) is 1. The van der Waals surface area contributed by atoms with E-state index in [4.69, 9.17) is 16.7 Å². The van der Waals surface area contributed by atoms with Crippen molar-refractivity contribution in [2.24, 2.45) is 0 Å². The predicted octanol–water partition coefficient (Wildman–Crippen LogP) is 2.31. The lowest BCUT2D eigenvalue weighted by Gasteiger charge is -2.14. The Morgan fingerprint density at radius 1 is 1.40 bits per heavy atom. The van der Waals surface area contributed by atoms with Crippen molar-refractivity contribution in [3.8, 4) is 5.75 Å². The van der Waals surface area contributed by atoms with E-state index in [1.54, 1.807) is 0 Å². The lowest BCUT2D eigenvalue weighted by Crippen LogP contribution is -2.30. The summed E-state index contributed by atoms with van der Waals surface area (Å²) in [6.07, 6.45) is 0. The van der Waals surface area contributed by atoms with E-state index in [0.29, 0.717) is 0 Å². The molecular weight excluding hydrogens is 327 g/mol. The minimum atomic E-state index is -5.67. The van der Waals surface area contributed by atoms with Gasteiger partial charge in [0, 0.05) is 6.07 Å². The maximum absolute atomic E-state index is 12.2. The van der Waals surface area contributed by atoms with Gasteiger partial charge in [-0.05, 0) is 6.07 Å². The second-order valence-corrected chi connectivity index (χ2v) is 5.47. The van der Waals surface area contributed by atoms with Gasteiger partial charge in [0.15, 0.2) is 0 Å². The van der Waals surface area contributed by atoms with Crippen LogP contribution in [0.1, 0.15) is 10.4 Å². The predicted molar refractivity (Wildman–Crippen MR) is 63.6 cm³/mol. The number of nitrogens with one attached hydrogen (secondary N) is 1. The van der Waals surface area contributed by atoms with E-state index in [1.165, 1.54) is 4.72 Å². The molecule has 0 radical (unpaired) electrons. The number of sulfonamides is 1. The van der Waals surface area contributed by atoms with Gasteiger partial charge in [0.05, 0.1) is 17.8 Å². The van der Waals surface area contributed by atoms with Crippen LogP contribution in [-0.2, 0) is 10.0 Å². The molecule has 0 aliphatic carbocycles. The van der Waals surface area contributed by atoms with Crippen LogP contribution in [0.2, 0.25) is 5.02 Å². The molecule has 6 nitrogen and oxygen atoms in total. The molecule has 1 aromatic carbocycles. The van der Waals surface area contributed by atoms with E-state index < -0.39 is 37.8 Å². The number of anilines is 1. The highest BCUT2D eigenvalue weighted by molar-refractivity contribution is 7.93. The molecule has 0 bridgehead atoms. The number of carboxylic acids is 1. The summed E-state index contributed by atoms with van der Waals surface area (Å²) in [6, 6.07) is 1.52. The standard InChI is InChI=1S/C9H7ClF3NO5S/c1-19-7-3-6(5(10)2-4(7)8(15)16)14-20(17,18)9(11,12)13/h2-3,14H,1H3,(H,15,16). The Morgan fingerprint density at radius 2 is 1.95 bits per heavy atom. The Hall–Kier alpha value is -1.68. The minimum Gasteiger partial charge on any atom is -0.496 e. The lowest BCUT2D eigenvalue weighted by atomic mass is 10.2. The van der Waals surface area contributed by atoms with E-state index in [2.05, 4.69) is 4.74 Å². The third-order valence-electron chi connectivity index (χ3n) is 2.07. The van der Waals surface area contributed by atoms with Crippen LogP contribution in [0.4, 0.5) is 18.9 Å². The fourth-order valence-electron chi connectivity index (χ4n) is 1.17. The van der Waals surface area contributed by atoms with E-state index in [9.17, 15) is 26.4 Å². The number of carbonyl (C=O) groups is 1. The summed E-state index contributed by atoms with van der Waals surface area (Å²) in [6.45, 7) is 0. The first-order chi connectivity index (χ1) is 8.99. The van der Waals surface area contributed by atoms with Gasteiger partial charge in [0.1, 0.15) is 11.3 Å². The third-order valence-corrected chi connectivity index (χ3v) is 3.48. The van der Waals surface area contributed by atoms with Gasteiger partial charge in [-0.15, -0.1) is 0 Å². The number of aromatic carboxylic acids is 1. The van der Waals surface area contributed by atoms with Crippen LogP contribution in [0.25, 0.3) is 0 Å². The fraction of sp³-hybridized carbons (Fsp3) is 0.222. The second-order valence-electron chi connectivity index (χ2n) is 3.39. The average Bonchev–Trinajstić information content (AvgIpc) is 2.29. The number of methoxy groups -OCH3 is 1. The van der Waals surface area contributed by atoms with E-state index in [0.717, 1.165) is 19.2 Å². The number of alkyl halides is 3. The summed E-state index contributed by atoms with van der Waals surface area (Å²) in [7, 11) is -4.60. The number of halogens is 4. The van der Waals surface area contributed by atoms with Crippen LogP contribution >= 0.6 is 11.6 Å². The topological polar surface area (TPSA) is 92.7 Å².